The first-order valence-electron chi connectivity index (χ1n) is 8.78. The van der Waals surface area contributed by atoms with Gasteiger partial charge in [-0.25, -0.2) is 8.42 Å². The second-order valence-electron chi connectivity index (χ2n) is 6.75. The van der Waals surface area contributed by atoms with E-state index in [0.29, 0.717) is 29.2 Å². The molecule has 1 aromatic carbocycles. The lowest BCUT2D eigenvalue weighted by Crippen LogP contribution is -2.36. The molecule has 1 aliphatic heterocycles. The van der Waals surface area contributed by atoms with E-state index < -0.39 is 10.0 Å². The van der Waals surface area contributed by atoms with Crippen molar-refractivity contribution in [2.75, 3.05) is 18.4 Å². The maximum absolute atomic E-state index is 13.0. The van der Waals surface area contributed by atoms with Crippen LogP contribution in [0.15, 0.2) is 29.2 Å². The highest BCUT2D eigenvalue weighted by Gasteiger charge is 2.27. The van der Waals surface area contributed by atoms with Crippen LogP contribution in [0.3, 0.4) is 0 Å². The van der Waals surface area contributed by atoms with Crippen LogP contribution in [-0.4, -0.2) is 31.7 Å². The number of benzene rings is 1. The number of sulfonamides is 1. The molecule has 7 heteroatoms. The predicted octanol–water partition coefficient (Wildman–Crippen LogP) is 4.10. The molecule has 0 unspecified atom stereocenters. The number of anilines is 1. The number of aryl methyl sites for hydroxylation is 3. The van der Waals surface area contributed by atoms with Crippen molar-refractivity contribution >= 4 is 33.0 Å². The predicted molar refractivity (Wildman–Crippen MR) is 106 cm³/mol. The number of nitrogens with zero attached hydrogens (tertiary/aromatic N) is 1. The summed E-state index contributed by atoms with van der Waals surface area (Å²) in [4.78, 5) is 14.5. The second-order valence-corrected chi connectivity index (χ2v) is 9.91. The van der Waals surface area contributed by atoms with E-state index in [0.717, 1.165) is 29.7 Å². The van der Waals surface area contributed by atoms with E-state index in [1.165, 1.54) is 11.3 Å². The number of carbonyl (C=O) groups is 1. The summed E-state index contributed by atoms with van der Waals surface area (Å²) in [6.07, 6.45) is 2.86. The van der Waals surface area contributed by atoms with Crippen molar-refractivity contribution in [3.63, 3.8) is 0 Å². The minimum Gasteiger partial charge on any atom is -0.321 e. The van der Waals surface area contributed by atoms with Crippen molar-refractivity contribution in [3.05, 3.63) is 45.1 Å². The third-order valence-electron chi connectivity index (χ3n) is 4.77. The van der Waals surface area contributed by atoms with Crippen LogP contribution >= 0.6 is 11.3 Å². The van der Waals surface area contributed by atoms with E-state index in [1.807, 2.05) is 19.9 Å². The van der Waals surface area contributed by atoms with Gasteiger partial charge in [0.1, 0.15) is 0 Å². The zero-order valence-corrected chi connectivity index (χ0v) is 17.0. The lowest BCUT2D eigenvalue weighted by molar-refractivity contribution is 0.103. The third kappa shape index (κ3) is 3.84. The molecule has 0 radical (unpaired) electrons. The van der Waals surface area contributed by atoms with Gasteiger partial charge in [-0.05, 0) is 62.9 Å². The van der Waals surface area contributed by atoms with Crippen LogP contribution in [0.25, 0.3) is 0 Å². The summed E-state index contributed by atoms with van der Waals surface area (Å²) >= 11 is 1.44. The SMILES string of the molecule is Cc1ccc(NC(=O)c2cc(C)c(C)s2)cc1S(=O)(=O)N1CCCCC1. The Morgan fingerprint density at radius 1 is 1.04 bits per heavy atom. The molecule has 1 aromatic heterocycles. The van der Waals surface area contributed by atoms with Gasteiger partial charge >= 0.3 is 0 Å². The van der Waals surface area contributed by atoms with Gasteiger partial charge in [-0.3, -0.25) is 4.79 Å². The summed E-state index contributed by atoms with van der Waals surface area (Å²) in [7, 11) is -3.53. The summed E-state index contributed by atoms with van der Waals surface area (Å²) < 4.78 is 27.5. The Morgan fingerprint density at radius 2 is 1.73 bits per heavy atom. The Bertz CT molecular complexity index is 907. The van der Waals surface area contributed by atoms with Gasteiger partial charge in [0, 0.05) is 23.7 Å². The highest BCUT2D eigenvalue weighted by Crippen LogP contribution is 2.27. The zero-order chi connectivity index (χ0) is 18.9. The molecule has 26 heavy (non-hydrogen) atoms. The van der Waals surface area contributed by atoms with Crippen molar-refractivity contribution in [2.24, 2.45) is 0 Å². The van der Waals surface area contributed by atoms with Crippen LogP contribution in [0.4, 0.5) is 5.69 Å². The molecule has 1 amide bonds. The fourth-order valence-corrected chi connectivity index (χ4v) is 5.77. The topological polar surface area (TPSA) is 66.5 Å². The Morgan fingerprint density at radius 3 is 2.35 bits per heavy atom. The average Bonchev–Trinajstić information content (AvgIpc) is 2.96. The van der Waals surface area contributed by atoms with Crippen LogP contribution in [-0.2, 0) is 10.0 Å². The molecule has 0 bridgehead atoms. The van der Waals surface area contributed by atoms with Crippen molar-refractivity contribution in [2.45, 2.75) is 44.9 Å². The molecule has 1 fully saturated rings. The first-order chi connectivity index (χ1) is 12.3. The molecule has 0 aliphatic carbocycles. The van der Waals surface area contributed by atoms with Crippen LogP contribution in [0.2, 0.25) is 0 Å². The Balaban J connectivity index is 1.86. The smallest absolute Gasteiger partial charge is 0.265 e. The molecule has 2 aromatic rings. The number of piperidine rings is 1. The number of amides is 1. The molecule has 5 nitrogen and oxygen atoms in total. The Hall–Kier alpha value is -1.70. The van der Waals surface area contributed by atoms with E-state index in [4.69, 9.17) is 0 Å². The fourth-order valence-electron chi connectivity index (χ4n) is 3.08. The van der Waals surface area contributed by atoms with E-state index in [2.05, 4.69) is 5.32 Å². The molecule has 1 saturated heterocycles. The minimum atomic E-state index is -3.53. The van der Waals surface area contributed by atoms with Crippen LogP contribution in [0.5, 0.6) is 0 Å². The monoisotopic (exact) mass is 392 g/mol. The first-order valence-corrected chi connectivity index (χ1v) is 11.0. The largest absolute Gasteiger partial charge is 0.321 e. The number of nitrogens with one attached hydrogen (secondary N) is 1. The lowest BCUT2D eigenvalue weighted by Gasteiger charge is -2.26. The van der Waals surface area contributed by atoms with Gasteiger partial charge in [0.25, 0.3) is 5.91 Å². The highest BCUT2D eigenvalue weighted by molar-refractivity contribution is 7.89. The van der Waals surface area contributed by atoms with E-state index in [9.17, 15) is 13.2 Å². The quantitative estimate of drug-likeness (QED) is 0.852. The van der Waals surface area contributed by atoms with Gasteiger partial charge in [0.05, 0.1) is 9.77 Å². The molecule has 3 rings (SSSR count). The summed E-state index contributed by atoms with van der Waals surface area (Å²) in [5.41, 5.74) is 2.27. The Kier molecular flexibility index (Phi) is 5.50. The van der Waals surface area contributed by atoms with Crippen LogP contribution in [0.1, 0.15) is 44.9 Å². The van der Waals surface area contributed by atoms with Crippen LogP contribution < -0.4 is 5.32 Å². The number of thiophene rings is 1. The molecular weight excluding hydrogens is 368 g/mol. The van der Waals surface area contributed by atoms with Crippen molar-refractivity contribution in [1.82, 2.24) is 4.31 Å². The van der Waals surface area contributed by atoms with Crippen molar-refractivity contribution in [3.8, 4) is 0 Å². The molecule has 1 N–H and O–H groups in total. The van der Waals surface area contributed by atoms with Gasteiger partial charge in [-0.15, -0.1) is 11.3 Å². The molecular formula is C19H24N2O3S2. The lowest BCUT2D eigenvalue weighted by atomic mass is 10.2. The Labute approximate surface area is 159 Å². The van der Waals surface area contributed by atoms with E-state index in [1.54, 1.807) is 29.4 Å². The maximum Gasteiger partial charge on any atom is 0.265 e. The molecule has 1 aliphatic rings. The highest BCUT2D eigenvalue weighted by atomic mass is 32.2. The summed E-state index contributed by atoms with van der Waals surface area (Å²) in [5.74, 6) is -0.212. The standard InChI is InChI=1S/C19H24N2O3S2/c1-13-7-8-16(20-19(22)17-11-14(2)15(3)25-17)12-18(13)26(23,24)21-9-5-4-6-10-21/h7-8,11-12H,4-6,9-10H2,1-3H3,(H,20,22). The van der Waals surface area contributed by atoms with E-state index >= 15 is 0 Å². The van der Waals surface area contributed by atoms with Crippen molar-refractivity contribution < 1.29 is 13.2 Å². The first kappa shape index (κ1) is 19.1. The van der Waals surface area contributed by atoms with Gasteiger partial charge in [0.2, 0.25) is 10.0 Å². The maximum atomic E-state index is 13.0. The third-order valence-corrected chi connectivity index (χ3v) is 7.96. The normalized spacial score (nSPS) is 15.8. The number of rotatable bonds is 4. The molecule has 0 spiro atoms. The van der Waals surface area contributed by atoms with E-state index in [-0.39, 0.29) is 10.8 Å². The number of hydrogen-bond donors (Lipinski definition) is 1. The van der Waals surface area contributed by atoms with Gasteiger partial charge in [-0.2, -0.15) is 4.31 Å². The minimum absolute atomic E-state index is 0.212. The van der Waals surface area contributed by atoms with Crippen molar-refractivity contribution in [1.29, 1.82) is 0 Å². The summed E-state index contributed by atoms with van der Waals surface area (Å²) in [5, 5.41) is 2.83. The molecule has 2 heterocycles. The zero-order valence-electron chi connectivity index (χ0n) is 15.3. The summed E-state index contributed by atoms with van der Waals surface area (Å²) in [6.45, 7) is 6.86. The van der Waals surface area contributed by atoms with Crippen LogP contribution in [0, 0.1) is 20.8 Å². The average molecular weight is 393 g/mol. The number of carbonyl (C=O) groups excluding carboxylic acids is 1. The second kappa shape index (κ2) is 7.50. The fraction of sp³-hybridized carbons (Fsp3) is 0.421. The van der Waals surface area contributed by atoms with Gasteiger partial charge < -0.3 is 5.32 Å². The van der Waals surface area contributed by atoms with Gasteiger partial charge in [0.15, 0.2) is 0 Å². The number of hydrogen-bond acceptors (Lipinski definition) is 4. The molecule has 0 atom stereocenters. The molecule has 0 saturated carbocycles. The molecule has 140 valence electrons. The van der Waals surface area contributed by atoms with Gasteiger partial charge in [-0.1, -0.05) is 12.5 Å². The summed E-state index contributed by atoms with van der Waals surface area (Å²) in [6, 6.07) is 6.92.